The van der Waals surface area contributed by atoms with Crippen LogP contribution in [-0.2, 0) is 0 Å². The third-order valence-corrected chi connectivity index (χ3v) is 8.48. The fourth-order valence-corrected chi connectivity index (χ4v) is 6.40. The van der Waals surface area contributed by atoms with Gasteiger partial charge >= 0.3 is 0 Å². The molecule has 6 nitrogen and oxygen atoms in total. The molecule has 0 heterocycles. The van der Waals surface area contributed by atoms with E-state index in [-0.39, 0.29) is 21.2 Å². The molecule has 48 heavy (non-hydrogen) atoms. The maximum Gasteiger partial charge on any atom is 0.269 e. The van der Waals surface area contributed by atoms with Crippen LogP contribution in [-0.4, -0.2) is 9.85 Å². The zero-order chi connectivity index (χ0) is 33.0. The molecule has 7 aromatic rings. The second-order valence-electron chi connectivity index (χ2n) is 11.3. The smallest absolute Gasteiger partial charge is 0.258 e. The molecule has 0 aliphatic rings. The predicted molar refractivity (Wildman–Crippen MR) is 192 cm³/mol. The lowest BCUT2D eigenvalue weighted by Crippen LogP contribution is -2.02. The lowest BCUT2D eigenvalue weighted by molar-refractivity contribution is -0.385. The maximum absolute atomic E-state index is 11.7. The van der Waals surface area contributed by atoms with Crippen molar-refractivity contribution in [2.45, 2.75) is 0 Å². The van der Waals surface area contributed by atoms with Crippen LogP contribution >= 0.6 is 0 Å². The van der Waals surface area contributed by atoms with E-state index in [4.69, 9.17) is 0 Å². The molecule has 0 aromatic heterocycles. The summed E-state index contributed by atoms with van der Waals surface area (Å²) in [5, 5.41) is 23.5. The first-order chi connectivity index (χ1) is 23.5. The molecular weight excluding hydrogens is 596 g/mol. The minimum absolute atomic E-state index is 0.00957. The summed E-state index contributed by atoms with van der Waals surface area (Å²) in [6, 6.07) is 54.0. The molecule has 0 aliphatic heterocycles. The average molecular weight is 625 g/mol. The summed E-state index contributed by atoms with van der Waals surface area (Å²) in [4.78, 5) is 22.7. The SMILES string of the molecule is O=[N+]([O-])c1ccc(-c2c(-c3ccccc3)c(-c3ccccc3)c(-c3ccc([N+](=O)[O-])cc3)c(-c3ccccc3)c2-c2ccccc2)cc1. The Balaban J connectivity index is 1.77. The second-order valence-corrected chi connectivity index (χ2v) is 11.3. The molecule has 0 saturated carbocycles. The lowest BCUT2D eigenvalue weighted by Gasteiger charge is -2.28. The summed E-state index contributed by atoms with van der Waals surface area (Å²) in [5.74, 6) is 0. The van der Waals surface area contributed by atoms with E-state index in [9.17, 15) is 20.2 Å². The van der Waals surface area contributed by atoms with Crippen molar-refractivity contribution in [1.82, 2.24) is 0 Å². The van der Waals surface area contributed by atoms with Gasteiger partial charge in [0.25, 0.3) is 11.4 Å². The number of non-ortho nitro benzene ring substituents is 2. The van der Waals surface area contributed by atoms with E-state index in [1.807, 2.05) is 97.1 Å². The molecule has 0 fully saturated rings. The summed E-state index contributed by atoms with van der Waals surface area (Å²) < 4.78 is 0. The van der Waals surface area contributed by atoms with Crippen molar-refractivity contribution in [2.75, 3.05) is 0 Å². The van der Waals surface area contributed by atoms with Crippen molar-refractivity contribution in [2.24, 2.45) is 0 Å². The van der Waals surface area contributed by atoms with Crippen LogP contribution in [0.5, 0.6) is 0 Å². The van der Waals surface area contributed by atoms with E-state index in [0.29, 0.717) is 0 Å². The maximum atomic E-state index is 11.7. The highest BCUT2D eigenvalue weighted by atomic mass is 16.6. The summed E-state index contributed by atoms with van der Waals surface area (Å²) in [5.41, 5.74) is 11.1. The van der Waals surface area contributed by atoms with E-state index < -0.39 is 0 Å². The monoisotopic (exact) mass is 624 g/mol. The van der Waals surface area contributed by atoms with Gasteiger partial charge in [0.15, 0.2) is 0 Å². The van der Waals surface area contributed by atoms with Gasteiger partial charge in [-0.05, 0) is 91.0 Å². The Kier molecular flexibility index (Phi) is 8.12. The fraction of sp³-hybridized carbons (Fsp3) is 0. The van der Waals surface area contributed by atoms with E-state index >= 15 is 0 Å². The van der Waals surface area contributed by atoms with Crippen LogP contribution in [0.2, 0.25) is 0 Å². The molecule has 0 radical (unpaired) electrons. The first-order valence-electron chi connectivity index (χ1n) is 15.5. The van der Waals surface area contributed by atoms with Gasteiger partial charge in [0.05, 0.1) is 9.85 Å². The Bertz CT molecular complexity index is 1970. The van der Waals surface area contributed by atoms with Crippen LogP contribution in [0.25, 0.3) is 66.8 Å². The number of nitrogens with zero attached hydrogens (tertiary/aromatic N) is 2. The van der Waals surface area contributed by atoms with Gasteiger partial charge in [-0.15, -0.1) is 0 Å². The summed E-state index contributed by atoms with van der Waals surface area (Å²) >= 11 is 0. The van der Waals surface area contributed by atoms with Crippen molar-refractivity contribution in [3.8, 4) is 66.8 Å². The molecule has 0 N–H and O–H groups in total. The Labute approximate surface area is 277 Å². The van der Waals surface area contributed by atoms with Gasteiger partial charge < -0.3 is 0 Å². The third-order valence-electron chi connectivity index (χ3n) is 8.48. The molecular formula is C42H28N2O4. The molecule has 0 spiro atoms. The molecule has 7 aromatic carbocycles. The largest absolute Gasteiger partial charge is 0.269 e. The van der Waals surface area contributed by atoms with E-state index in [1.165, 1.54) is 0 Å². The van der Waals surface area contributed by atoms with Crippen molar-refractivity contribution in [3.05, 3.63) is 190 Å². The molecule has 0 aliphatic carbocycles. The third kappa shape index (κ3) is 5.63. The Morgan fingerprint density at radius 3 is 0.646 bits per heavy atom. The first kappa shape index (κ1) is 30.0. The van der Waals surface area contributed by atoms with Gasteiger partial charge in [0, 0.05) is 24.3 Å². The highest BCUT2D eigenvalue weighted by molar-refractivity contribution is 6.15. The second kappa shape index (κ2) is 13.0. The molecule has 6 heteroatoms. The quantitative estimate of drug-likeness (QED) is 0.124. The van der Waals surface area contributed by atoms with Crippen molar-refractivity contribution < 1.29 is 9.85 Å². The fourth-order valence-electron chi connectivity index (χ4n) is 6.40. The standard InChI is InChI=1S/C42H28N2O4/c45-43(46)35-25-21-33(22-26-35)41-37(29-13-5-1-6-14-29)38(30-15-7-2-8-16-30)42(34-23-27-36(28-24-34)44(47)48)40(32-19-11-4-12-20-32)39(41)31-17-9-3-10-18-31/h1-28H. The molecule has 230 valence electrons. The number of hydrogen-bond acceptors (Lipinski definition) is 4. The van der Waals surface area contributed by atoms with Crippen LogP contribution in [0.15, 0.2) is 170 Å². The van der Waals surface area contributed by atoms with Gasteiger partial charge in [0.1, 0.15) is 0 Å². The van der Waals surface area contributed by atoms with Gasteiger partial charge in [-0.3, -0.25) is 20.2 Å². The van der Waals surface area contributed by atoms with E-state index in [1.54, 1.807) is 24.3 Å². The molecule has 0 bridgehead atoms. The summed E-state index contributed by atoms with van der Waals surface area (Å²) in [6.45, 7) is 0. The van der Waals surface area contributed by atoms with Crippen molar-refractivity contribution >= 4 is 11.4 Å². The normalized spacial score (nSPS) is 10.8. The highest BCUT2D eigenvalue weighted by Crippen LogP contribution is 2.55. The van der Waals surface area contributed by atoms with Gasteiger partial charge in [-0.1, -0.05) is 121 Å². The van der Waals surface area contributed by atoms with Gasteiger partial charge in [-0.25, -0.2) is 0 Å². The minimum Gasteiger partial charge on any atom is -0.258 e. The molecule has 0 saturated heterocycles. The Morgan fingerprint density at radius 2 is 0.458 bits per heavy atom. The molecule has 0 unspecified atom stereocenters. The number of hydrogen-bond donors (Lipinski definition) is 0. The number of rotatable bonds is 8. The zero-order valence-electron chi connectivity index (χ0n) is 25.7. The molecule has 0 amide bonds. The Hall–Kier alpha value is -6.66. The minimum atomic E-state index is -0.386. The Morgan fingerprint density at radius 1 is 0.271 bits per heavy atom. The molecule has 7 rings (SSSR count). The van der Waals surface area contributed by atoms with Crippen LogP contribution in [0, 0.1) is 20.2 Å². The van der Waals surface area contributed by atoms with Crippen LogP contribution in [0.3, 0.4) is 0 Å². The zero-order valence-corrected chi connectivity index (χ0v) is 25.7. The van der Waals surface area contributed by atoms with Gasteiger partial charge in [-0.2, -0.15) is 0 Å². The van der Waals surface area contributed by atoms with Crippen LogP contribution < -0.4 is 0 Å². The predicted octanol–water partition coefficient (Wildman–Crippen LogP) is 11.5. The van der Waals surface area contributed by atoms with Crippen LogP contribution in [0.4, 0.5) is 11.4 Å². The lowest BCUT2D eigenvalue weighted by atomic mass is 9.74. The molecule has 0 atom stereocenters. The summed E-state index contributed by atoms with van der Waals surface area (Å²) in [7, 11) is 0. The van der Waals surface area contributed by atoms with E-state index in [2.05, 4.69) is 48.5 Å². The summed E-state index contributed by atoms with van der Waals surface area (Å²) in [6.07, 6.45) is 0. The number of nitro benzene ring substituents is 2. The topological polar surface area (TPSA) is 86.3 Å². The van der Waals surface area contributed by atoms with Crippen molar-refractivity contribution in [1.29, 1.82) is 0 Å². The number of nitro groups is 2. The average Bonchev–Trinajstić information content (AvgIpc) is 3.15. The van der Waals surface area contributed by atoms with E-state index in [0.717, 1.165) is 66.8 Å². The first-order valence-corrected chi connectivity index (χ1v) is 15.5. The highest BCUT2D eigenvalue weighted by Gasteiger charge is 2.29. The van der Waals surface area contributed by atoms with Crippen LogP contribution in [0.1, 0.15) is 0 Å². The van der Waals surface area contributed by atoms with Crippen molar-refractivity contribution in [3.63, 3.8) is 0 Å². The number of benzene rings is 7. The van der Waals surface area contributed by atoms with Gasteiger partial charge in [0.2, 0.25) is 0 Å².